The van der Waals surface area contributed by atoms with Crippen molar-refractivity contribution >= 4 is 16.6 Å². The molecule has 3 rings (SSSR count). The fourth-order valence-electron chi connectivity index (χ4n) is 3.53. The lowest BCUT2D eigenvalue weighted by molar-refractivity contribution is -0.136. The lowest BCUT2D eigenvalue weighted by Crippen LogP contribution is -2.53. The summed E-state index contributed by atoms with van der Waals surface area (Å²) in [5, 5.41) is -0.0894. The summed E-state index contributed by atoms with van der Waals surface area (Å²) in [7, 11) is 0. The topological polar surface area (TPSA) is 45.3 Å². The van der Waals surface area contributed by atoms with Gasteiger partial charge in [0, 0.05) is 11.6 Å². The van der Waals surface area contributed by atoms with Gasteiger partial charge in [-0.25, -0.2) is 0 Å². The predicted molar refractivity (Wildman–Crippen MR) is 91.4 cm³/mol. The maximum atomic E-state index is 13.5. The Balaban J connectivity index is 2.37. The Labute approximate surface area is 143 Å². The number of benzene rings is 1. The quantitative estimate of drug-likeness (QED) is 0.829. The summed E-state index contributed by atoms with van der Waals surface area (Å²) in [5.41, 5.74) is -1.28. The first-order chi connectivity index (χ1) is 11.5. The normalized spacial score (nSPS) is 18.2. The minimum atomic E-state index is -4.64. The number of fused-ring (bicyclic) bond motifs is 3. The second kappa shape index (κ2) is 5.68. The van der Waals surface area contributed by atoms with Gasteiger partial charge >= 0.3 is 6.18 Å². The zero-order chi connectivity index (χ0) is 18.6. The van der Waals surface area contributed by atoms with Crippen molar-refractivity contribution in [1.29, 1.82) is 0 Å². The van der Waals surface area contributed by atoms with Crippen LogP contribution in [0.3, 0.4) is 0 Å². The molecule has 1 aromatic heterocycles. The number of halogens is 3. The molecule has 0 bridgehead atoms. The van der Waals surface area contributed by atoms with Gasteiger partial charge in [0.2, 0.25) is 5.56 Å². The number of hydrogen-bond acceptors (Lipinski definition) is 3. The number of hydrogen-bond donors (Lipinski definition) is 1. The van der Waals surface area contributed by atoms with E-state index in [2.05, 4.69) is 9.88 Å². The fourth-order valence-corrected chi connectivity index (χ4v) is 3.53. The third-order valence-corrected chi connectivity index (χ3v) is 4.48. The number of nitrogens with zero attached hydrogens (tertiary/aromatic N) is 1. The van der Waals surface area contributed by atoms with E-state index in [-0.39, 0.29) is 28.2 Å². The van der Waals surface area contributed by atoms with Gasteiger partial charge in [0.1, 0.15) is 6.61 Å². The first kappa shape index (κ1) is 17.6. The Hall–Kier alpha value is -2.18. The van der Waals surface area contributed by atoms with Gasteiger partial charge in [-0.2, -0.15) is 13.2 Å². The fraction of sp³-hybridized carbons (Fsp3) is 0.500. The van der Waals surface area contributed by atoms with Crippen LogP contribution >= 0.6 is 0 Å². The van der Waals surface area contributed by atoms with Crippen molar-refractivity contribution in [1.82, 2.24) is 4.98 Å². The van der Waals surface area contributed by atoms with Crippen molar-refractivity contribution in [3.8, 4) is 5.75 Å². The van der Waals surface area contributed by atoms with Gasteiger partial charge in [-0.1, -0.05) is 6.92 Å². The van der Waals surface area contributed by atoms with E-state index in [0.717, 1.165) is 6.42 Å². The van der Waals surface area contributed by atoms with Crippen LogP contribution in [0.5, 0.6) is 5.75 Å². The summed E-state index contributed by atoms with van der Waals surface area (Å²) in [6, 6.07) is 3.91. The molecule has 0 saturated carbocycles. The number of nitrogens with one attached hydrogen (secondary N) is 1. The molecule has 0 saturated heterocycles. The van der Waals surface area contributed by atoms with E-state index in [4.69, 9.17) is 4.74 Å². The largest absolute Gasteiger partial charge is 0.489 e. The van der Waals surface area contributed by atoms with Crippen molar-refractivity contribution in [2.45, 2.75) is 51.9 Å². The molecule has 4 nitrogen and oxygen atoms in total. The number of ether oxygens (including phenoxy) is 1. The first-order valence-electron chi connectivity index (χ1n) is 8.23. The summed E-state index contributed by atoms with van der Waals surface area (Å²) in [5.74, 6) is 0.181. The van der Waals surface area contributed by atoms with Gasteiger partial charge in [-0.3, -0.25) is 4.79 Å². The molecule has 1 atom stereocenters. The minimum Gasteiger partial charge on any atom is -0.489 e. The molecule has 0 amide bonds. The highest BCUT2D eigenvalue weighted by molar-refractivity contribution is 5.94. The van der Waals surface area contributed by atoms with Crippen LogP contribution in [-0.4, -0.2) is 23.2 Å². The van der Waals surface area contributed by atoms with E-state index in [0.29, 0.717) is 18.4 Å². The molecule has 1 N–H and O–H groups in total. The highest BCUT2D eigenvalue weighted by Gasteiger charge is 2.39. The number of alkyl halides is 3. The number of H-pyrrole nitrogens is 1. The van der Waals surface area contributed by atoms with Crippen molar-refractivity contribution in [2.24, 2.45) is 0 Å². The van der Waals surface area contributed by atoms with E-state index < -0.39 is 17.3 Å². The van der Waals surface area contributed by atoms with Crippen LogP contribution in [0.1, 0.15) is 39.7 Å². The molecule has 1 aromatic carbocycles. The van der Waals surface area contributed by atoms with E-state index in [1.54, 1.807) is 6.07 Å². The van der Waals surface area contributed by atoms with Crippen LogP contribution < -0.4 is 15.2 Å². The van der Waals surface area contributed by atoms with Crippen LogP contribution in [0.15, 0.2) is 23.0 Å². The molecule has 25 heavy (non-hydrogen) atoms. The minimum absolute atomic E-state index is 0.0713. The van der Waals surface area contributed by atoms with Crippen LogP contribution in [-0.2, 0) is 6.18 Å². The summed E-state index contributed by atoms with van der Waals surface area (Å²) >= 11 is 0. The smallest absolute Gasteiger partial charge is 0.417 e. The second-order valence-electron chi connectivity index (χ2n) is 7.30. The number of anilines is 1. The Bertz CT molecular complexity index is 865. The molecule has 136 valence electrons. The van der Waals surface area contributed by atoms with Gasteiger partial charge in [0.25, 0.3) is 0 Å². The zero-order valence-corrected chi connectivity index (χ0v) is 14.6. The molecular formula is C18H21F3N2O2. The molecule has 0 radical (unpaired) electrons. The lowest BCUT2D eigenvalue weighted by atomic mass is 9.96. The Morgan fingerprint density at radius 2 is 1.96 bits per heavy atom. The van der Waals surface area contributed by atoms with E-state index >= 15 is 0 Å². The van der Waals surface area contributed by atoms with Crippen LogP contribution in [0.2, 0.25) is 0 Å². The molecule has 1 aliphatic heterocycles. The number of rotatable bonds is 1. The van der Waals surface area contributed by atoms with E-state index in [1.165, 1.54) is 6.07 Å². The number of aromatic amines is 1. The SMILES string of the molecule is CCC1COc2c(ccc3[nH]c(=O)cc(C(F)(F)F)c23)N1C(C)(C)C. The van der Waals surface area contributed by atoms with Crippen LogP contribution in [0.4, 0.5) is 18.9 Å². The molecule has 1 aliphatic rings. The monoisotopic (exact) mass is 354 g/mol. The summed E-state index contributed by atoms with van der Waals surface area (Å²) < 4.78 is 46.3. The van der Waals surface area contributed by atoms with Gasteiger partial charge in [0.15, 0.2) is 5.75 Å². The average molecular weight is 354 g/mol. The first-order valence-corrected chi connectivity index (χ1v) is 8.23. The second-order valence-corrected chi connectivity index (χ2v) is 7.30. The summed E-state index contributed by atoms with van der Waals surface area (Å²) in [4.78, 5) is 16.2. The maximum Gasteiger partial charge on any atom is 0.417 e. The third-order valence-electron chi connectivity index (χ3n) is 4.48. The molecule has 0 aliphatic carbocycles. The van der Waals surface area contributed by atoms with Crippen molar-refractivity contribution in [2.75, 3.05) is 11.5 Å². The summed E-state index contributed by atoms with van der Waals surface area (Å²) in [6.07, 6.45) is -3.83. The Morgan fingerprint density at radius 3 is 2.52 bits per heavy atom. The molecular weight excluding hydrogens is 333 g/mol. The van der Waals surface area contributed by atoms with Crippen molar-refractivity contribution < 1.29 is 17.9 Å². The van der Waals surface area contributed by atoms with Crippen LogP contribution in [0, 0.1) is 0 Å². The molecule has 0 spiro atoms. The zero-order valence-electron chi connectivity index (χ0n) is 14.6. The molecule has 7 heteroatoms. The third kappa shape index (κ3) is 2.96. The maximum absolute atomic E-state index is 13.5. The Kier molecular flexibility index (Phi) is 4.00. The van der Waals surface area contributed by atoms with Gasteiger partial charge < -0.3 is 14.6 Å². The van der Waals surface area contributed by atoms with Gasteiger partial charge in [-0.05, 0) is 39.3 Å². The van der Waals surface area contributed by atoms with Gasteiger partial charge in [-0.15, -0.1) is 0 Å². The van der Waals surface area contributed by atoms with E-state index in [9.17, 15) is 18.0 Å². The molecule has 1 unspecified atom stereocenters. The number of pyridine rings is 1. The van der Waals surface area contributed by atoms with E-state index in [1.807, 2.05) is 27.7 Å². The van der Waals surface area contributed by atoms with Crippen LogP contribution in [0.25, 0.3) is 10.9 Å². The number of aromatic nitrogens is 1. The summed E-state index contributed by atoms with van der Waals surface area (Å²) in [6.45, 7) is 8.39. The molecule has 0 fully saturated rings. The highest BCUT2D eigenvalue weighted by atomic mass is 19.4. The standard InChI is InChI=1S/C18H21F3N2O2/c1-5-10-9-25-16-13(23(10)17(2,3)4)7-6-12-15(16)11(18(19,20)21)8-14(24)22-12/h6-8,10H,5,9H2,1-4H3,(H,22,24). The highest BCUT2D eigenvalue weighted by Crippen LogP contribution is 2.46. The molecule has 2 aromatic rings. The molecule has 2 heterocycles. The predicted octanol–water partition coefficient (Wildman–Crippen LogP) is 4.32. The Morgan fingerprint density at radius 1 is 1.28 bits per heavy atom. The lowest BCUT2D eigenvalue weighted by Gasteiger charge is -2.47. The average Bonchev–Trinajstić information content (AvgIpc) is 2.50. The van der Waals surface area contributed by atoms with Crippen molar-refractivity contribution in [3.05, 3.63) is 34.1 Å². The van der Waals surface area contributed by atoms with Crippen molar-refractivity contribution in [3.63, 3.8) is 0 Å². The van der Waals surface area contributed by atoms with Gasteiger partial charge in [0.05, 0.1) is 28.2 Å².